The van der Waals surface area contributed by atoms with Crippen LogP contribution in [0.15, 0.2) is 46.2 Å². The van der Waals surface area contributed by atoms with Crippen molar-refractivity contribution in [3.63, 3.8) is 0 Å². The maximum atomic E-state index is 13.4. The van der Waals surface area contributed by atoms with Crippen molar-refractivity contribution in [3.8, 4) is 0 Å². The second-order valence-electron chi connectivity index (χ2n) is 8.65. The zero-order chi connectivity index (χ0) is 26.7. The number of hydrogen-bond donors (Lipinski definition) is 6. The fraction of sp³-hybridized carbons (Fsp3) is 0.280. The normalized spacial score (nSPS) is 13.8. The van der Waals surface area contributed by atoms with E-state index in [1.54, 1.807) is 23.1 Å². The standard InChI is InChI=1S/C25H28N6O5S/c1-13-10-15(29-24-21(23(35)30-37-24)22(26)27-11-16(34)12-32)6-7-17(13)25(36)31-9-8-18-19(28-14(2)33)4-3-5-20(18)31/h3-7,10,16,29,32,34H,8-9,11-12H2,1-2H3,(H2,26,27)(H,28,33)(H,30,35). The van der Waals surface area contributed by atoms with Crippen molar-refractivity contribution in [3.05, 3.63) is 69.0 Å². The van der Waals surface area contributed by atoms with Gasteiger partial charge in [-0.1, -0.05) is 6.07 Å². The van der Waals surface area contributed by atoms with Gasteiger partial charge in [-0.15, -0.1) is 0 Å². The average molecular weight is 525 g/mol. The summed E-state index contributed by atoms with van der Waals surface area (Å²) < 4.78 is 2.61. The number of rotatable bonds is 8. The number of nitrogens with two attached hydrogens (primary N) is 1. The Morgan fingerprint density at radius 3 is 2.78 bits per heavy atom. The summed E-state index contributed by atoms with van der Waals surface area (Å²) >= 11 is 1.05. The third-order valence-electron chi connectivity index (χ3n) is 5.94. The first-order valence-electron chi connectivity index (χ1n) is 11.6. The van der Waals surface area contributed by atoms with Crippen LogP contribution in [0.5, 0.6) is 0 Å². The predicted molar refractivity (Wildman–Crippen MR) is 144 cm³/mol. The Kier molecular flexibility index (Phi) is 7.71. The second-order valence-corrected chi connectivity index (χ2v) is 9.46. The number of aromatic amines is 1. The highest BCUT2D eigenvalue weighted by molar-refractivity contribution is 7.10. The van der Waals surface area contributed by atoms with Crippen LogP contribution in [-0.4, -0.2) is 58.0 Å². The molecular weight excluding hydrogens is 496 g/mol. The first-order valence-corrected chi connectivity index (χ1v) is 12.4. The molecule has 0 spiro atoms. The van der Waals surface area contributed by atoms with Gasteiger partial charge in [0.2, 0.25) is 5.91 Å². The van der Waals surface area contributed by atoms with Crippen molar-refractivity contribution in [2.24, 2.45) is 10.7 Å². The number of anilines is 4. The third-order valence-corrected chi connectivity index (χ3v) is 6.73. The fourth-order valence-corrected chi connectivity index (χ4v) is 4.94. The highest BCUT2D eigenvalue weighted by Gasteiger charge is 2.28. The maximum Gasteiger partial charge on any atom is 0.271 e. The molecule has 11 nitrogen and oxygen atoms in total. The van der Waals surface area contributed by atoms with E-state index in [0.717, 1.165) is 28.3 Å². The molecule has 2 aromatic carbocycles. The number of benzene rings is 2. The molecule has 2 heterocycles. The Morgan fingerprint density at radius 1 is 1.30 bits per heavy atom. The average Bonchev–Trinajstić information content (AvgIpc) is 3.46. The molecule has 0 fully saturated rings. The van der Waals surface area contributed by atoms with Crippen molar-refractivity contribution in [1.29, 1.82) is 0 Å². The molecule has 3 aromatic rings. The Labute approximate surface area is 216 Å². The molecule has 4 rings (SSSR count). The van der Waals surface area contributed by atoms with E-state index < -0.39 is 18.3 Å². The smallest absolute Gasteiger partial charge is 0.271 e. The lowest BCUT2D eigenvalue weighted by atomic mass is 10.1. The number of carbonyl (C=O) groups excluding carboxylic acids is 2. The molecule has 1 aliphatic rings. The van der Waals surface area contributed by atoms with Crippen LogP contribution in [0.4, 0.5) is 22.1 Å². The van der Waals surface area contributed by atoms with Gasteiger partial charge in [-0.3, -0.25) is 23.7 Å². The van der Waals surface area contributed by atoms with Gasteiger partial charge in [0.15, 0.2) is 0 Å². The third kappa shape index (κ3) is 5.56. The number of amides is 2. The van der Waals surface area contributed by atoms with Crippen LogP contribution >= 0.6 is 11.5 Å². The first kappa shape index (κ1) is 26.1. The van der Waals surface area contributed by atoms with Gasteiger partial charge in [0.05, 0.1) is 19.3 Å². The lowest BCUT2D eigenvalue weighted by Gasteiger charge is -2.19. The molecule has 1 unspecified atom stereocenters. The minimum atomic E-state index is -1.07. The number of amidine groups is 1. The number of H-pyrrole nitrogens is 1. The van der Waals surface area contributed by atoms with Gasteiger partial charge in [-0.05, 0) is 60.8 Å². The molecule has 0 aliphatic carbocycles. The molecule has 1 atom stereocenters. The number of hydrogen-bond acceptors (Lipinski definition) is 8. The van der Waals surface area contributed by atoms with E-state index in [2.05, 4.69) is 20.0 Å². The number of nitrogens with zero attached hydrogens (tertiary/aromatic N) is 2. The van der Waals surface area contributed by atoms with Gasteiger partial charge >= 0.3 is 0 Å². The van der Waals surface area contributed by atoms with Crippen LogP contribution in [0.25, 0.3) is 0 Å². The Bertz CT molecular complexity index is 1430. The van der Waals surface area contributed by atoms with E-state index in [-0.39, 0.29) is 29.8 Å². The highest BCUT2D eigenvalue weighted by Crippen LogP contribution is 2.35. The minimum absolute atomic E-state index is 0.0626. The summed E-state index contributed by atoms with van der Waals surface area (Å²) in [7, 11) is 0. The molecule has 1 aliphatic heterocycles. The molecule has 2 amide bonds. The molecule has 0 saturated carbocycles. The number of aryl methyl sites for hydroxylation is 1. The van der Waals surface area contributed by atoms with Crippen LogP contribution in [0.1, 0.15) is 34.0 Å². The number of aliphatic hydroxyl groups excluding tert-OH is 2. The van der Waals surface area contributed by atoms with Crippen LogP contribution in [0.3, 0.4) is 0 Å². The van der Waals surface area contributed by atoms with Crippen molar-refractivity contribution in [2.45, 2.75) is 26.4 Å². The van der Waals surface area contributed by atoms with E-state index in [0.29, 0.717) is 34.9 Å². The van der Waals surface area contributed by atoms with Gasteiger partial charge in [0.25, 0.3) is 11.5 Å². The number of aromatic nitrogens is 1. The summed E-state index contributed by atoms with van der Waals surface area (Å²) in [5.74, 6) is -0.371. The lowest BCUT2D eigenvalue weighted by molar-refractivity contribution is -0.114. The SMILES string of the molecule is CC(=O)Nc1cccc2c1CCN2C(=O)c1ccc(Nc2s[nH]c(=O)c2C(N)=NCC(O)CO)cc1C. The molecule has 7 N–H and O–H groups in total. The number of fused-ring (bicyclic) bond motifs is 1. The Balaban J connectivity index is 1.55. The minimum Gasteiger partial charge on any atom is -0.394 e. The Hall–Kier alpha value is -4.00. The molecular formula is C25H28N6O5S. The highest BCUT2D eigenvalue weighted by atomic mass is 32.1. The van der Waals surface area contributed by atoms with Crippen LogP contribution < -0.4 is 26.8 Å². The summed E-state index contributed by atoms with van der Waals surface area (Å²) in [6, 6.07) is 10.8. The van der Waals surface area contributed by atoms with Crippen molar-refractivity contribution in [1.82, 2.24) is 4.37 Å². The van der Waals surface area contributed by atoms with Crippen molar-refractivity contribution in [2.75, 3.05) is 35.2 Å². The van der Waals surface area contributed by atoms with E-state index in [4.69, 9.17) is 10.8 Å². The van der Waals surface area contributed by atoms with Crippen molar-refractivity contribution >= 4 is 51.2 Å². The second kappa shape index (κ2) is 10.9. The zero-order valence-electron chi connectivity index (χ0n) is 20.4. The van der Waals surface area contributed by atoms with Gasteiger partial charge in [-0.25, -0.2) is 0 Å². The monoisotopic (exact) mass is 524 g/mol. The number of nitrogens with one attached hydrogen (secondary N) is 3. The largest absolute Gasteiger partial charge is 0.394 e. The van der Waals surface area contributed by atoms with Crippen LogP contribution in [0.2, 0.25) is 0 Å². The number of aliphatic imine (C=N–C) groups is 1. The molecule has 0 saturated heterocycles. The van der Waals surface area contributed by atoms with Crippen LogP contribution in [0, 0.1) is 6.92 Å². The van der Waals surface area contributed by atoms with Crippen molar-refractivity contribution < 1.29 is 19.8 Å². The van der Waals surface area contributed by atoms with Gasteiger partial charge in [-0.2, -0.15) is 0 Å². The molecule has 0 bridgehead atoms. The summed E-state index contributed by atoms with van der Waals surface area (Å²) in [4.78, 5) is 43.0. The van der Waals surface area contributed by atoms with E-state index in [1.807, 2.05) is 25.1 Å². The molecule has 1 aromatic heterocycles. The van der Waals surface area contributed by atoms with Gasteiger partial charge < -0.3 is 31.5 Å². The van der Waals surface area contributed by atoms with Gasteiger partial charge in [0, 0.05) is 41.7 Å². The number of aliphatic hydroxyl groups is 2. The fourth-order valence-electron chi connectivity index (χ4n) is 4.17. The first-order chi connectivity index (χ1) is 17.7. The zero-order valence-corrected chi connectivity index (χ0v) is 21.2. The lowest BCUT2D eigenvalue weighted by Crippen LogP contribution is -2.29. The predicted octanol–water partition coefficient (Wildman–Crippen LogP) is 1.71. The maximum absolute atomic E-state index is 13.4. The van der Waals surface area contributed by atoms with Gasteiger partial charge in [0.1, 0.15) is 16.4 Å². The summed E-state index contributed by atoms with van der Waals surface area (Å²) in [5, 5.41) is 24.9. The summed E-state index contributed by atoms with van der Waals surface area (Å²) in [5.41, 5.74) is 10.0. The van der Waals surface area contributed by atoms with E-state index >= 15 is 0 Å². The van der Waals surface area contributed by atoms with E-state index in [9.17, 15) is 19.5 Å². The molecule has 12 heteroatoms. The number of carbonyl (C=O) groups is 2. The quantitative estimate of drug-likeness (QED) is 0.192. The summed E-state index contributed by atoms with van der Waals surface area (Å²) in [6.07, 6.45) is -0.427. The molecule has 0 radical (unpaired) electrons. The summed E-state index contributed by atoms with van der Waals surface area (Å²) in [6.45, 7) is 3.18. The topological polar surface area (TPSA) is 173 Å². The van der Waals surface area contributed by atoms with E-state index in [1.165, 1.54) is 6.92 Å². The van der Waals surface area contributed by atoms with Crippen LogP contribution in [-0.2, 0) is 11.2 Å². The Morgan fingerprint density at radius 2 is 2.08 bits per heavy atom. The molecule has 37 heavy (non-hydrogen) atoms. The molecule has 194 valence electrons.